The molecule has 0 saturated heterocycles. The van der Waals surface area contributed by atoms with Gasteiger partial charge in [-0.1, -0.05) is 30.3 Å². The van der Waals surface area contributed by atoms with Crippen molar-refractivity contribution in [3.05, 3.63) is 94.3 Å². The van der Waals surface area contributed by atoms with Crippen molar-refractivity contribution in [2.45, 2.75) is 27.3 Å². The molecule has 0 aliphatic rings. The van der Waals surface area contributed by atoms with Crippen LogP contribution in [0.3, 0.4) is 0 Å². The third kappa shape index (κ3) is 4.56. The topological polar surface area (TPSA) is 74.9 Å². The molecule has 3 rings (SSSR count). The molecule has 150 valence electrons. The van der Waals surface area contributed by atoms with Crippen LogP contribution >= 0.6 is 0 Å². The molecule has 2 aromatic carbocycles. The minimum absolute atomic E-state index is 0.0197. The normalized spacial score (nSPS) is 11.1. The molecule has 5 heteroatoms. The van der Waals surface area contributed by atoms with Crippen LogP contribution in [0.1, 0.15) is 39.8 Å². The van der Waals surface area contributed by atoms with Crippen molar-refractivity contribution in [3.63, 3.8) is 0 Å². The zero-order chi connectivity index (χ0) is 21.7. The van der Waals surface area contributed by atoms with Gasteiger partial charge in [0.15, 0.2) is 5.78 Å². The largest absolute Gasteiger partial charge is 0.347 e. The Hall–Kier alpha value is -3.91. The van der Waals surface area contributed by atoms with Gasteiger partial charge >= 0.3 is 0 Å². The van der Waals surface area contributed by atoms with Crippen LogP contribution in [0, 0.1) is 25.2 Å². The maximum Gasteiger partial charge on any atom is 0.262 e. The molecule has 3 aromatic rings. The van der Waals surface area contributed by atoms with Crippen LogP contribution < -0.4 is 5.32 Å². The Kier molecular flexibility index (Phi) is 6.29. The monoisotopic (exact) mass is 397 g/mol. The molecular formula is C25H23N3O2. The number of benzene rings is 2. The third-order valence-corrected chi connectivity index (χ3v) is 4.96. The molecule has 0 aliphatic heterocycles. The number of amides is 1. The van der Waals surface area contributed by atoms with Gasteiger partial charge < -0.3 is 9.88 Å². The van der Waals surface area contributed by atoms with Crippen molar-refractivity contribution in [1.82, 2.24) is 9.88 Å². The summed E-state index contributed by atoms with van der Waals surface area (Å²) in [7, 11) is 0. The van der Waals surface area contributed by atoms with Crippen molar-refractivity contribution in [1.29, 1.82) is 5.26 Å². The van der Waals surface area contributed by atoms with Crippen molar-refractivity contribution in [2.24, 2.45) is 0 Å². The number of rotatable bonds is 6. The molecular weight excluding hydrogens is 374 g/mol. The average Bonchev–Trinajstić information content (AvgIpc) is 3.03. The first-order valence-corrected chi connectivity index (χ1v) is 9.65. The molecule has 0 aliphatic carbocycles. The first-order valence-electron chi connectivity index (χ1n) is 9.65. The van der Waals surface area contributed by atoms with Gasteiger partial charge in [-0.05, 0) is 68.3 Å². The Morgan fingerprint density at radius 1 is 1.07 bits per heavy atom. The molecule has 0 saturated carbocycles. The fourth-order valence-electron chi connectivity index (χ4n) is 3.35. The minimum Gasteiger partial charge on any atom is -0.347 e. The number of aromatic nitrogens is 1. The van der Waals surface area contributed by atoms with E-state index in [0.717, 1.165) is 28.2 Å². The lowest BCUT2D eigenvalue weighted by molar-refractivity contribution is -0.117. The summed E-state index contributed by atoms with van der Waals surface area (Å²) in [5.74, 6) is -0.386. The van der Waals surface area contributed by atoms with E-state index in [0.29, 0.717) is 12.1 Å². The number of nitrogens with one attached hydrogen (secondary N) is 1. The van der Waals surface area contributed by atoms with E-state index in [1.165, 1.54) is 6.92 Å². The summed E-state index contributed by atoms with van der Waals surface area (Å²) in [5.41, 5.74) is 5.27. The smallest absolute Gasteiger partial charge is 0.262 e. The second kappa shape index (κ2) is 9.06. The number of hydrogen-bond acceptors (Lipinski definition) is 3. The number of aryl methyl sites for hydroxylation is 1. The van der Waals surface area contributed by atoms with Gasteiger partial charge in [-0.3, -0.25) is 9.59 Å². The summed E-state index contributed by atoms with van der Waals surface area (Å²) in [6, 6.07) is 20.9. The quantitative estimate of drug-likeness (QED) is 0.377. The van der Waals surface area contributed by atoms with Gasteiger partial charge in [0.1, 0.15) is 11.6 Å². The average molecular weight is 397 g/mol. The van der Waals surface area contributed by atoms with E-state index >= 15 is 0 Å². The standard InChI is InChI=1S/C25H23N3O2/c1-17-13-22(18(2)28(17)24-11-9-21(10-12-24)19(3)29)14-23(15-26)25(30)27-16-20-7-5-4-6-8-20/h4-14H,16H2,1-3H3,(H,27,30)/b23-14+. The molecule has 1 N–H and O–H groups in total. The number of Topliss-reactive ketones (excluding diaryl/α,β-unsaturated/α-hetero) is 1. The lowest BCUT2D eigenvalue weighted by Crippen LogP contribution is -2.23. The van der Waals surface area contributed by atoms with Crippen molar-refractivity contribution in [3.8, 4) is 11.8 Å². The van der Waals surface area contributed by atoms with E-state index in [1.54, 1.807) is 18.2 Å². The van der Waals surface area contributed by atoms with Gasteiger partial charge in [0.2, 0.25) is 0 Å². The molecule has 1 heterocycles. The second-order valence-electron chi connectivity index (χ2n) is 7.10. The molecule has 0 bridgehead atoms. The van der Waals surface area contributed by atoms with Crippen LogP contribution in [-0.4, -0.2) is 16.3 Å². The molecule has 1 aromatic heterocycles. The van der Waals surface area contributed by atoms with E-state index in [9.17, 15) is 14.9 Å². The van der Waals surface area contributed by atoms with Crippen molar-refractivity contribution >= 4 is 17.8 Å². The summed E-state index contributed by atoms with van der Waals surface area (Å²) in [6.07, 6.45) is 1.61. The van der Waals surface area contributed by atoms with Crippen LogP contribution in [0.2, 0.25) is 0 Å². The molecule has 0 spiro atoms. The number of nitriles is 1. The second-order valence-corrected chi connectivity index (χ2v) is 7.10. The third-order valence-electron chi connectivity index (χ3n) is 4.96. The van der Waals surface area contributed by atoms with Crippen LogP contribution in [0.4, 0.5) is 0 Å². The SMILES string of the molecule is CC(=O)c1ccc(-n2c(C)cc(/C=C(\C#N)C(=O)NCc3ccccc3)c2C)cc1. The fraction of sp³-hybridized carbons (Fsp3) is 0.160. The molecule has 1 amide bonds. The summed E-state index contributed by atoms with van der Waals surface area (Å²) in [6.45, 7) is 5.80. The molecule has 5 nitrogen and oxygen atoms in total. The maximum absolute atomic E-state index is 12.5. The van der Waals surface area contributed by atoms with Gasteiger partial charge in [-0.2, -0.15) is 5.26 Å². The summed E-state index contributed by atoms with van der Waals surface area (Å²) < 4.78 is 2.03. The number of carbonyl (C=O) groups excluding carboxylic acids is 2. The van der Waals surface area contributed by atoms with Crippen LogP contribution in [0.15, 0.2) is 66.2 Å². The Labute approximate surface area is 176 Å². The molecule has 0 fully saturated rings. The first-order chi connectivity index (χ1) is 14.4. The van der Waals surface area contributed by atoms with Crippen LogP contribution in [-0.2, 0) is 11.3 Å². The zero-order valence-corrected chi connectivity index (χ0v) is 17.3. The van der Waals surface area contributed by atoms with Gasteiger partial charge in [0, 0.05) is 29.2 Å². The van der Waals surface area contributed by atoms with Crippen LogP contribution in [0.5, 0.6) is 0 Å². The Morgan fingerprint density at radius 2 is 1.73 bits per heavy atom. The molecule has 0 unspecified atom stereocenters. The van der Waals surface area contributed by atoms with E-state index in [4.69, 9.17) is 0 Å². The minimum atomic E-state index is -0.406. The molecule has 30 heavy (non-hydrogen) atoms. The lowest BCUT2D eigenvalue weighted by Gasteiger charge is -2.10. The van der Waals surface area contributed by atoms with Gasteiger partial charge in [-0.15, -0.1) is 0 Å². The van der Waals surface area contributed by atoms with E-state index in [-0.39, 0.29) is 11.4 Å². The van der Waals surface area contributed by atoms with Crippen LogP contribution in [0.25, 0.3) is 11.8 Å². The highest BCUT2D eigenvalue weighted by atomic mass is 16.1. The Morgan fingerprint density at radius 3 is 2.33 bits per heavy atom. The van der Waals surface area contributed by atoms with Crippen molar-refractivity contribution in [2.75, 3.05) is 0 Å². The summed E-state index contributed by atoms with van der Waals surface area (Å²) in [5, 5.41) is 12.3. The molecule has 0 atom stereocenters. The number of carbonyl (C=O) groups is 2. The number of hydrogen-bond donors (Lipinski definition) is 1. The predicted molar refractivity (Wildman–Crippen MR) is 117 cm³/mol. The predicted octanol–water partition coefficient (Wildman–Crippen LogP) is 4.52. The van der Waals surface area contributed by atoms with Crippen molar-refractivity contribution < 1.29 is 9.59 Å². The first kappa shape index (κ1) is 20.8. The summed E-state index contributed by atoms with van der Waals surface area (Å²) in [4.78, 5) is 24.0. The van der Waals surface area contributed by atoms with E-state index < -0.39 is 5.91 Å². The molecule has 0 radical (unpaired) electrons. The highest BCUT2D eigenvalue weighted by Crippen LogP contribution is 2.23. The maximum atomic E-state index is 12.5. The Balaban J connectivity index is 1.85. The van der Waals surface area contributed by atoms with E-state index in [1.807, 2.05) is 73.0 Å². The fourth-order valence-corrected chi connectivity index (χ4v) is 3.35. The Bertz CT molecular complexity index is 1150. The zero-order valence-electron chi connectivity index (χ0n) is 17.3. The van der Waals surface area contributed by atoms with Gasteiger partial charge in [0.25, 0.3) is 5.91 Å². The number of nitrogens with zero attached hydrogens (tertiary/aromatic N) is 2. The van der Waals surface area contributed by atoms with Gasteiger partial charge in [0.05, 0.1) is 0 Å². The summed E-state index contributed by atoms with van der Waals surface area (Å²) >= 11 is 0. The highest BCUT2D eigenvalue weighted by molar-refractivity contribution is 6.01. The lowest BCUT2D eigenvalue weighted by atomic mass is 10.1. The van der Waals surface area contributed by atoms with Gasteiger partial charge in [-0.25, -0.2) is 0 Å². The number of ketones is 1. The highest BCUT2D eigenvalue weighted by Gasteiger charge is 2.14. The van der Waals surface area contributed by atoms with E-state index in [2.05, 4.69) is 5.32 Å².